The Morgan fingerprint density at radius 3 is 2.94 bits per heavy atom. The summed E-state index contributed by atoms with van der Waals surface area (Å²) in [5.74, 6) is -1.38. The maximum atomic E-state index is 11.9. The van der Waals surface area contributed by atoms with Gasteiger partial charge in [-0.25, -0.2) is 4.68 Å². The summed E-state index contributed by atoms with van der Waals surface area (Å²) >= 11 is 0. The lowest BCUT2D eigenvalue weighted by molar-refractivity contribution is -0.145. The minimum Gasteiger partial charge on any atom is -0.481 e. The van der Waals surface area contributed by atoms with Gasteiger partial charge in [0, 0.05) is 19.3 Å². The van der Waals surface area contributed by atoms with Gasteiger partial charge in [-0.05, 0) is 12.8 Å². The predicted molar refractivity (Wildman–Crippen MR) is 57.0 cm³/mol. The van der Waals surface area contributed by atoms with Crippen molar-refractivity contribution < 1.29 is 14.7 Å². The first kappa shape index (κ1) is 11.6. The zero-order valence-corrected chi connectivity index (χ0v) is 9.32. The number of nitrogens with zero attached hydrogens (tertiary/aromatic N) is 4. The van der Waals surface area contributed by atoms with Crippen LogP contribution in [0.3, 0.4) is 0 Å². The van der Waals surface area contributed by atoms with Crippen molar-refractivity contribution in [1.29, 1.82) is 0 Å². The smallest absolute Gasteiger partial charge is 0.308 e. The second-order valence-electron chi connectivity index (χ2n) is 4.12. The number of carbonyl (C=O) groups excluding carboxylic acids is 1. The number of aliphatic carboxylic acids is 1. The van der Waals surface area contributed by atoms with Gasteiger partial charge in [-0.2, -0.15) is 0 Å². The van der Waals surface area contributed by atoms with E-state index in [1.54, 1.807) is 11.1 Å². The number of rotatable bonds is 3. The summed E-state index contributed by atoms with van der Waals surface area (Å²) in [6, 6.07) is 0. The molecule has 2 heterocycles. The van der Waals surface area contributed by atoms with Gasteiger partial charge in [0.15, 0.2) is 0 Å². The highest BCUT2D eigenvalue weighted by molar-refractivity contribution is 5.77. The Labute approximate surface area is 98.0 Å². The van der Waals surface area contributed by atoms with Crippen LogP contribution in [0, 0.1) is 5.92 Å². The van der Waals surface area contributed by atoms with E-state index < -0.39 is 11.9 Å². The van der Waals surface area contributed by atoms with Crippen LogP contribution < -0.4 is 0 Å². The lowest BCUT2D eigenvalue weighted by Gasteiger charge is -2.30. The fourth-order valence-electron chi connectivity index (χ4n) is 1.96. The van der Waals surface area contributed by atoms with Crippen molar-refractivity contribution in [3.8, 4) is 0 Å². The second kappa shape index (κ2) is 4.94. The normalized spacial score (nSPS) is 20.2. The molecule has 0 radical (unpaired) electrons. The van der Waals surface area contributed by atoms with Crippen molar-refractivity contribution in [1.82, 2.24) is 19.9 Å². The van der Waals surface area contributed by atoms with Crippen LogP contribution in [0.4, 0.5) is 0 Å². The SMILES string of the molecule is O=C(O)[C@@H]1CCCN(C(=O)Cn2ccnn2)C1. The van der Waals surface area contributed by atoms with Crippen LogP contribution in [0.5, 0.6) is 0 Å². The van der Waals surface area contributed by atoms with Crippen LogP contribution >= 0.6 is 0 Å². The van der Waals surface area contributed by atoms with Gasteiger partial charge >= 0.3 is 5.97 Å². The molecule has 7 nitrogen and oxygen atoms in total. The standard InChI is InChI=1S/C10H14N4O3/c15-9(7-14-5-3-11-12-14)13-4-1-2-8(6-13)10(16)17/h3,5,8H,1-2,4,6-7H2,(H,16,17)/t8-/m1/s1. The van der Waals surface area contributed by atoms with E-state index >= 15 is 0 Å². The second-order valence-corrected chi connectivity index (χ2v) is 4.12. The maximum Gasteiger partial charge on any atom is 0.308 e. The first-order valence-corrected chi connectivity index (χ1v) is 5.51. The highest BCUT2D eigenvalue weighted by Gasteiger charge is 2.28. The summed E-state index contributed by atoms with van der Waals surface area (Å²) < 4.78 is 1.44. The van der Waals surface area contributed by atoms with Crippen molar-refractivity contribution in [2.45, 2.75) is 19.4 Å². The molecule has 1 amide bonds. The molecule has 17 heavy (non-hydrogen) atoms. The molecular weight excluding hydrogens is 224 g/mol. The number of hydrogen-bond donors (Lipinski definition) is 1. The van der Waals surface area contributed by atoms with Crippen LogP contribution in [0.15, 0.2) is 12.4 Å². The van der Waals surface area contributed by atoms with Gasteiger partial charge in [0.25, 0.3) is 0 Å². The molecule has 1 aliphatic rings. The molecular formula is C10H14N4O3. The Morgan fingerprint density at radius 2 is 2.29 bits per heavy atom. The molecule has 1 aromatic rings. The molecule has 1 atom stereocenters. The molecule has 7 heteroatoms. The van der Waals surface area contributed by atoms with E-state index in [-0.39, 0.29) is 12.5 Å². The van der Waals surface area contributed by atoms with Gasteiger partial charge < -0.3 is 10.0 Å². The molecule has 0 saturated carbocycles. The van der Waals surface area contributed by atoms with Crippen LogP contribution in [0.1, 0.15) is 12.8 Å². The molecule has 0 unspecified atom stereocenters. The average molecular weight is 238 g/mol. The first-order chi connectivity index (χ1) is 8.16. The van der Waals surface area contributed by atoms with E-state index in [0.29, 0.717) is 19.5 Å². The Morgan fingerprint density at radius 1 is 1.47 bits per heavy atom. The molecule has 1 fully saturated rings. The van der Waals surface area contributed by atoms with E-state index in [1.807, 2.05) is 0 Å². The summed E-state index contributed by atoms with van der Waals surface area (Å²) in [5, 5.41) is 16.2. The number of carboxylic acids is 1. The van der Waals surface area contributed by atoms with Crippen molar-refractivity contribution in [3.05, 3.63) is 12.4 Å². The van der Waals surface area contributed by atoms with Crippen molar-refractivity contribution >= 4 is 11.9 Å². The van der Waals surface area contributed by atoms with Crippen molar-refractivity contribution in [3.63, 3.8) is 0 Å². The maximum absolute atomic E-state index is 11.9. The Balaban J connectivity index is 1.93. The van der Waals surface area contributed by atoms with Crippen molar-refractivity contribution in [2.24, 2.45) is 5.92 Å². The summed E-state index contributed by atoms with van der Waals surface area (Å²) in [7, 11) is 0. The van der Waals surface area contributed by atoms with Gasteiger partial charge in [0.1, 0.15) is 6.54 Å². The summed E-state index contributed by atoms with van der Waals surface area (Å²) in [6.07, 6.45) is 4.49. The summed E-state index contributed by atoms with van der Waals surface area (Å²) in [6.45, 7) is 1.03. The predicted octanol–water partition coefficient (Wildman–Crippen LogP) is -0.399. The Kier molecular flexibility index (Phi) is 3.36. The summed E-state index contributed by atoms with van der Waals surface area (Å²) in [5.41, 5.74) is 0. The third kappa shape index (κ3) is 2.80. The number of carbonyl (C=O) groups is 2. The number of piperidine rings is 1. The first-order valence-electron chi connectivity index (χ1n) is 5.51. The molecule has 2 rings (SSSR count). The number of aromatic nitrogens is 3. The average Bonchev–Trinajstić information content (AvgIpc) is 2.82. The largest absolute Gasteiger partial charge is 0.481 e. The lowest BCUT2D eigenvalue weighted by atomic mass is 9.98. The van der Waals surface area contributed by atoms with E-state index in [1.165, 1.54) is 10.9 Å². The van der Waals surface area contributed by atoms with Gasteiger partial charge in [-0.15, -0.1) is 5.10 Å². The molecule has 92 valence electrons. The topological polar surface area (TPSA) is 88.3 Å². The zero-order chi connectivity index (χ0) is 12.3. The van der Waals surface area contributed by atoms with Crippen LogP contribution in [0.25, 0.3) is 0 Å². The number of amides is 1. The molecule has 0 bridgehead atoms. The fourth-order valence-corrected chi connectivity index (χ4v) is 1.96. The summed E-state index contributed by atoms with van der Waals surface area (Å²) in [4.78, 5) is 24.3. The van der Waals surface area contributed by atoms with Crippen LogP contribution in [-0.2, 0) is 16.1 Å². The molecule has 0 aliphatic carbocycles. The van der Waals surface area contributed by atoms with E-state index in [4.69, 9.17) is 5.11 Å². The van der Waals surface area contributed by atoms with Gasteiger partial charge in [-0.3, -0.25) is 9.59 Å². The monoisotopic (exact) mass is 238 g/mol. The molecule has 1 aromatic heterocycles. The van der Waals surface area contributed by atoms with Gasteiger partial charge in [-0.1, -0.05) is 5.21 Å². The van der Waals surface area contributed by atoms with E-state index in [0.717, 1.165) is 6.42 Å². The van der Waals surface area contributed by atoms with Crippen LogP contribution in [0.2, 0.25) is 0 Å². The van der Waals surface area contributed by atoms with Gasteiger partial charge in [0.2, 0.25) is 5.91 Å². The van der Waals surface area contributed by atoms with Crippen LogP contribution in [-0.4, -0.2) is 50.0 Å². The number of likely N-dealkylation sites (tertiary alicyclic amines) is 1. The third-order valence-corrected chi connectivity index (χ3v) is 2.89. The zero-order valence-electron chi connectivity index (χ0n) is 9.32. The molecule has 1 N–H and O–H groups in total. The van der Waals surface area contributed by atoms with Gasteiger partial charge in [0.05, 0.1) is 12.1 Å². The molecule has 0 spiro atoms. The highest BCUT2D eigenvalue weighted by atomic mass is 16.4. The minimum atomic E-state index is -0.830. The van der Waals surface area contributed by atoms with Crippen molar-refractivity contribution in [2.75, 3.05) is 13.1 Å². The lowest BCUT2D eigenvalue weighted by Crippen LogP contribution is -2.43. The number of hydrogen-bond acceptors (Lipinski definition) is 4. The quantitative estimate of drug-likeness (QED) is 0.774. The highest BCUT2D eigenvalue weighted by Crippen LogP contribution is 2.16. The molecule has 1 aliphatic heterocycles. The molecule has 1 saturated heterocycles. The Hall–Kier alpha value is -1.92. The number of carboxylic acid groups (broad SMARTS) is 1. The minimum absolute atomic E-state index is 0.110. The van der Waals surface area contributed by atoms with E-state index in [9.17, 15) is 9.59 Å². The third-order valence-electron chi connectivity index (χ3n) is 2.89. The Bertz CT molecular complexity index is 404. The van der Waals surface area contributed by atoms with E-state index in [2.05, 4.69) is 10.3 Å². The fraction of sp³-hybridized carbons (Fsp3) is 0.600. The molecule has 0 aromatic carbocycles.